The third-order valence-corrected chi connectivity index (χ3v) is 8.70. The van der Waals surface area contributed by atoms with Crippen molar-refractivity contribution in [2.45, 2.75) is 38.5 Å². The molecule has 1 aliphatic heterocycles. The first-order valence-electron chi connectivity index (χ1n) is 14.0. The van der Waals surface area contributed by atoms with Gasteiger partial charge in [-0.2, -0.15) is 0 Å². The van der Waals surface area contributed by atoms with E-state index in [1.807, 2.05) is 41.3 Å². The molecule has 1 atom stereocenters. The van der Waals surface area contributed by atoms with E-state index in [4.69, 9.17) is 18.2 Å². The molecule has 0 saturated heterocycles. The van der Waals surface area contributed by atoms with E-state index in [0.717, 1.165) is 29.5 Å². The van der Waals surface area contributed by atoms with Gasteiger partial charge in [-0.1, -0.05) is 66.7 Å². The molecule has 1 saturated carbocycles. The van der Waals surface area contributed by atoms with Gasteiger partial charge in [0, 0.05) is 6.42 Å². The van der Waals surface area contributed by atoms with Gasteiger partial charge in [0.05, 0.1) is 25.3 Å². The highest BCUT2D eigenvalue weighted by Crippen LogP contribution is 2.52. The lowest BCUT2D eigenvalue weighted by atomic mass is 9.92. The molecular weight excluding hydrogens is 569 g/mol. The van der Waals surface area contributed by atoms with E-state index in [1.54, 1.807) is 54.6 Å². The van der Waals surface area contributed by atoms with Crippen molar-refractivity contribution < 1.29 is 28.1 Å². The molecule has 0 radical (unpaired) electrons. The predicted molar refractivity (Wildman–Crippen MR) is 162 cm³/mol. The summed E-state index contributed by atoms with van der Waals surface area (Å²) in [7, 11) is -4.20. The van der Waals surface area contributed by atoms with Gasteiger partial charge in [0.25, 0.3) is 0 Å². The molecule has 1 aliphatic carbocycles. The molecule has 2 aliphatic rings. The van der Waals surface area contributed by atoms with Crippen molar-refractivity contribution in [2.24, 2.45) is 10.7 Å². The van der Waals surface area contributed by atoms with Gasteiger partial charge in [-0.25, -0.2) is 4.57 Å². The van der Waals surface area contributed by atoms with Gasteiger partial charge in [-0.15, -0.1) is 4.76 Å². The summed E-state index contributed by atoms with van der Waals surface area (Å²) in [5.74, 6) is 1.48. The Morgan fingerprint density at radius 3 is 2.09 bits per heavy atom. The third-order valence-electron chi connectivity index (χ3n) is 7.34. The fourth-order valence-electron chi connectivity index (χ4n) is 5.09. The highest BCUT2D eigenvalue weighted by Gasteiger charge is 2.41. The van der Waals surface area contributed by atoms with Crippen molar-refractivity contribution in [3.05, 3.63) is 130 Å². The van der Waals surface area contributed by atoms with E-state index in [-0.39, 0.29) is 25.1 Å². The molecule has 220 valence electrons. The average molecular weight is 600 g/mol. The van der Waals surface area contributed by atoms with E-state index in [2.05, 4.69) is 6.08 Å². The lowest BCUT2D eigenvalue weighted by molar-refractivity contribution is -0.402. The Labute approximate surface area is 248 Å². The molecule has 1 fully saturated rings. The van der Waals surface area contributed by atoms with Crippen LogP contribution in [0.1, 0.15) is 36.1 Å². The molecule has 43 heavy (non-hydrogen) atoms. The van der Waals surface area contributed by atoms with Crippen LogP contribution in [0.4, 0.5) is 5.88 Å². The molecule has 0 bridgehead atoms. The summed E-state index contributed by atoms with van der Waals surface area (Å²) in [4.78, 5) is 12.7. The van der Waals surface area contributed by atoms with Gasteiger partial charge in [-0.05, 0) is 65.8 Å². The van der Waals surface area contributed by atoms with Crippen molar-refractivity contribution in [3.8, 4) is 11.5 Å². The number of para-hydroxylation sites is 2. The summed E-state index contributed by atoms with van der Waals surface area (Å²) in [5, 5.41) is 20.8. The SMILES string of the molecule is O=[N+]([O-])c1ccc(CN2/C(=N\P(=O)(Oc3ccccc3)Oc3ccccc3)CC(c3ccc(CO)cc3)=CC2C2CC2)o1. The van der Waals surface area contributed by atoms with Crippen molar-refractivity contribution >= 4 is 25.0 Å². The van der Waals surface area contributed by atoms with Crippen LogP contribution in [0.15, 0.2) is 112 Å². The number of hydrogen-bond acceptors (Lipinski definition) is 7. The fourth-order valence-corrected chi connectivity index (χ4v) is 6.45. The van der Waals surface area contributed by atoms with Gasteiger partial charge in [0.2, 0.25) is 0 Å². The molecular formula is C32H30N3O7P. The van der Waals surface area contributed by atoms with Crippen LogP contribution in [-0.4, -0.2) is 26.8 Å². The zero-order valence-corrected chi connectivity index (χ0v) is 24.1. The second kappa shape index (κ2) is 12.3. The lowest BCUT2D eigenvalue weighted by Gasteiger charge is -2.37. The largest absolute Gasteiger partial charge is 0.564 e. The Morgan fingerprint density at radius 2 is 1.56 bits per heavy atom. The first kappa shape index (κ1) is 28.5. The third kappa shape index (κ3) is 6.88. The molecule has 10 nitrogen and oxygen atoms in total. The number of nitrogens with zero attached hydrogens (tertiary/aromatic N) is 3. The molecule has 3 aromatic carbocycles. The number of aliphatic hydroxyl groups is 1. The van der Waals surface area contributed by atoms with Crippen molar-refractivity contribution in [1.82, 2.24) is 4.90 Å². The Balaban J connectivity index is 1.44. The van der Waals surface area contributed by atoms with Crippen molar-refractivity contribution in [2.75, 3.05) is 0 Å². The maximum atomic E-state index is 14.5. The molecule has 1 aromatic heterocycles. The number of nitro groups is 1. The number of furan rings is 1. The molecule has 11 heteroatoms. The minimum absolute atomic E-state index is 0.0589. The van der Waals surface area contributed by atoms with Gasteiger partial charge in [-0.3, -0.25) is 10.1 Å². The van der Waals surface area contributed by atoms with Crippen molar-refractivity contribution in [1.29, 1.82) is 0 Å². The van der Waals surface area contributed by atoms with Crippen LogP contribution in [0.3, 0.4) is 0 Å². The van der Waals surface area contributed by atoms with E-state index in [9.17, 15) is 19.8 Å². The molecule has 6 rings (SSSR count). The molecule has 2 heterocycles. The van der Waals surface area contributed by atoms with Gasteiger partial charge in [0.15, 0.2) is 0 Å². The number of aliphatic hydroxyl groups excluding tert-OH is 1. The summed E-state index contributed by atoms with van der Waals surface area (Å²) in [5.41, 5.74) is 2.73. The van der Waals surface area contributed by atoms with E-state index >= 15 is 0 Å². The average Bonchev–Trinajstić information content (AvgIpc) is 3.75. The number of rotatable bonds is 11. The second-order valence-corrected chi connectivity index (χ2v) is 12.0. The fraction of sp³-hybridized carbons (Fsp3) is 0.219. The number of hydrogen-bond donors (Lipinski definition) is 1. The molecule has 0 amide bonds. The Bertz CT molecular complexity index is 1640. The van der Waals surface area contributed by atoms with Crippen LogP contribution < -0.4 is 9.05 Å². The maximum absolute atomic E-state index is 14.5. The van der Waals surface area contributed by atoms with Crippen LogP contribution in [0.5, 0.6) is 11.5 Å². The standard InChI is InChI=1S/C32H30N3O7P/c36-22-23-11-13-24(14-12-23)26-19-30(25-15-16-25)34(21-29-17-18-32(40-29)35(37)38)31(20-26)33-43(39,41-27-7-3-1-4-8-27)42-28-9-5-2-6-10-28/h1-14,17-19,25,30,36H,15-16,20-22H2/b33-31-. The highest BCUT2D eigenvalue weighted by molar-refractivity contribution is 7.53. The lowest BCUT2D eigenvalue weighted by Crippen LogP contribution is -2.43. The predicted octanol–water partition coefficient (Wildman–Crippen LogP) is 7.41. The highest BCUT2D eigenvalue weighted by atomic mass is 31.2. The minimum Gasteiger partial charge on any atom is -0.404 e. The minimum atomic E-state index is -4.20. The monoisotopic (exact) mass is 599 g/mol. The van der Waals surface area contributed by atoms with Crippen LogP contribution in [-0.2, 0) is 17.7 Å². The van der Waals surface area contributed by atoms with Crippen molar-refractivity contribution in [3.63, 3.8) is 0 Å². The smallest absolute Gasteiger partial charge is 0.404 e. The summed E-state index contributed by atoms with van der Waals surface area (Å²) in [6, 6.07) is 27.9. The summed E-state index contributed by atoms with van der Waals surface area (Å²) in [6.07, 6.45) is 4.48. The van der Waals surface area contributed by atoms with Gasteiger partial charge in [0.1, 0.15) is 28.0 Å². The Kier molecular flexibility index (Phi) is 8.13. The van der Waals surface area contributed by atoms with Crippen LogP contribution in [0.2, 0.25) is 0 Å². The first-order chi connectivity index (χ1) is 20.9. The van der Waals surface area contributed by atoms with Crippen LogP contribution in [0.25, 0.3) is 5.57 Å². The van der Waals surface area contributed by atoms with Crippen LogP contribution in [0, 0.1) is 16.0 Å². The van der Waals surface area contributed by atoms with E-state index in [0.29, 0.717) is 35.4 Å². The first-order valence-corrected chi connectivity index (χ1v) is 15.5. The quantitative estimate of drug-likeness (QED) is 0.107. The Hall–Kier alpha value is -4.66. The van der Waals surface area contributed by atoms with Gasteiger partial charge >= 0.3 is 13.6 Å². The van der Waals surface area contributed by atoms with E-state index < -0.39 is 12.7 Å². The summed E-state index contributed by atoms with van der Waals surface area (Å²) in [6.45, 7) is 0.119. The van der Waals surface area contributed by atoms with Gasteiger partial charge < -0.3 is 23.5 Å². The Morgan fingerprint density at radius 1 is 0.930 bits per heavy atom. The summed E-state index contributed by atoms with van der Waals surface area (Å²) < 4.78 is 36.8. The number of benzene rings is 3. The molecule has 1 unspecified atom stereocenters. The molecule has 4 aromatic rings. The molecule has 0 spiro atoms. The normalized spacial score (nSPS) is 17.9. The zero-order chi connectivity index (χ0) is 29.8. The zero-order valence-electron chi connectivity index (χ0n) is 23.2. The topological polar surface area (TPSA) is 128 Å². The van der Waals surface area contributed by atoms with Crippen LogP contribution >= 0.6 is 7.75 Å². The van der Waals surface area contributed by atoms with E-state index in [1.165, 1.54) is 6.07 Å². The summed E-state index contributed by atoms with van der Waals surface area (Å²) >= 11 is 0. The second-order valence-electron chi connectivity index (χ2n) is 10.5. The molecule has 1 N–H and O–H groups in total. The number of amidine groups is 1. The maximum Gasteiger partial charge on any atom is 0.564 e.